The highest BCUT2D eigenvalue weighted by Crippen LogP contribution is 2.55. The van der Waals surface area contributed by atoms with Crippen molar-refractivity contribution in [3.8, 4) is 42.5 Å². The van der Waals surface area contributed by atoms with Gasteiger partial charge in [0.25, 0.3) is 0 Å². The number of carbonyl (C=O) groups excluding carboxylic acids is 2. The van der Waals surface area contributed by atoms with Crippen molar-refractivity contribution in [1.82, 2.24) is 0 Å². The van der Waals surface area contributed by atoms with Crippen molar-refractivity contribution < 1.29 is 38.0 Å². The van der Waals surface area contributed by atoms with E-state index in [0.717, 1.165) is 0 Å². The average Bonchev–Trinajstić information content (AvgIpc) is 3.53. The molecule has 5 rings (SSSR count). The van der Waals surface area contributed by atoms with Crippen LogP contribution in [0.5, 0.6) is 23.0 Å². The molecule has 0 amide bonds. The van der Waals surface area contributed by atoms with Gasteiger partial charge in [-0.25, -0.2) is 9.59 Å². The van der Waals surface area contributed by atoms with E-state index < -0.39 is 11.9 Å². The first-order valence-corrected chi connectivity index (χ1v) is 13.0. The third kappa shape index (κ3) is 3.83. The van der Waals surface area contributed by atoms with Crippen LogP contribution in [0.2, 0.25) is 0 Å². The Morgan fingerprint density at radius 2 is 1.15 bits per heavy atom. The van der Waals surface area contributed by atoms with Crippen molar-refractivity contribution >= 4 is 45.9 Å². The van der Waals surface area contributed by atoms with Crippen LogP contribution in [0.4, 0.5) is 0 Å². The van der Waals surface area contributed by atoms with Gasteiger partial charge >= 0.3 is 11.9 Å². The molecule has 5 heterocycles. The number of carbonyl (C=O) groups is 2. The maximum atomic E-state index is 13.2. The van der Waals surface area contributed by atoms with Gasteiger partial charge in [0.1, 0.15) is 26.4 Å². The monoisotopic (exact) mass is 508 g/mol. The third-order valence-electron chi connectivity index (χ3n) is 4.88. The Morgan fingerprint density at radius 3 is 1.58 bits per heavy atom. The summed E-state index contributed by atoms with van der Waals surface area (Å²) in [6.45, 7) is 5.49. The minimum Gasteiger partial charge on any atom is -0.485 e. The lowest BCUT2D eigenvalue weighted by Crippen LogP contribution is -2.15. The summed E-state index contributed by atoms with van der Waals surface area (Å²) in [5, 5.41) is 3.68. The standard InChI is InChI=1S/C22H20O8S3/c1-3-25-21(23)13-14(22(24)26-4-2)18(20-16-12(10-32-20)28-6-8-30-16)33-17(13)19-15-11(9-31-19)27-5-7-29-15/h9-10H,3-8H2,1-2H3. The lowest BCUT2D eigenvalue weighted by atomic mass is 10.1. The van der Waals surface area contributed by atoms with Crippen molar-refractivity contribution in [3.05, 3.63) is 21.9 Å². The number of hydrogen-bond acceptors (Lipinski definition) is 11. The predicted molar refractivity (Wildman–Crippen MR) is 125 cm³/mol. The van der Waals surface area contributed by atoms with E-state index in [-0.39, 0.29) is 24.3 Å². The molecule has 3 aromatic rings. The first kappa shape index (κ1) is 22.1. The van der Waals surface area contributed by atoms with E-state index in [9.17, 15) is 9.59 Å². The summed E-state index contributed by atoms with van der Waals surface area (Å²) >= 11 is 4.08. The molecular formula is C22H20O8S3. The molecule has 0 aliphatic carbocycles. The third-order valence-corrected chi connectivity index (χ3v) is 8.28. The van der Waals surface area contributed by atoms with Crippen LogP contribution in [0.15, 0.2) is 10.8 Å². The van der Waals surface area contributed by atoms with Gasteiger partial charge in [0, 0.05) is 10.8 Å². The summed E-state index contributed by atoms with van der Waals surface area (Å²) in [7, 11) is 0. The van der Waals surface area contributed by atoms with Gasteiger partial charge in [0.15, 0.2) is 23.0 Å². The first-order chi connectivity index (χ1) is 16.1. The molecule has 3 aromatic heterocycles. The Balaban J connectivity index is 1.76. The zero-order valence-electron chi connectivity index (χ0n) is 17.9. The summed E-state index contributed by atoms with van der Waals surface area (Å²) in [5.41, 5.74) is 0.320. The highest BCUT2D eigenvalue weighted by atomic mass is 32.1. The van der Waals surface area contributed by atoms with Crippen LogP contribution in [0.25, 0.3) is 19.5 Å². The highest BCUT2D eigenvalue weighted by Gasteiger charge is 2.36. The van der Waals surface area contributed by atoms with Gasteiger partial charge in [-0.1, -0.05) is 0 Å². The molecule has 0 saturated heterocycles. The predicted octanol–water partition coefficient (Wildman–Crippen LogP) is 5.10. The Kier molecular flexibility index (Phi) is 6.17. The summed E-state index contributed by atoms with van der Waals surface area (Å²) in [6.07, 6.45) is 0. The Morgan fingerprint density at radius 1 is 0.727 bits per heavy atom. The Bertz CT molecular complexity index is 1110. The fourth-order valence-corrected chi connectivity index (χ4v) is 7.03. The van der Waals surface area contributed by atoms with Gasteiger partial charge < -0.3 is 28.4 Å². The number of hydrogen-bond donors (Lipinski definition) is 0. The van der Waals surface area contributed by atoms with Crippen molar-refractivity contribution in [2.45, 2.75) is 13.8 Å². The normalized spacial score (nSPS) is 14.1. The molecule has 0 N–H and O–H groups in total. The van der Waals surface area contributed by atoms with Crippen molar-refractivity contribution in [2.75, 3.05) is 39.6 Å². The van der Waals surface area contributed by atoms with E-state index in [1.807, 2.05) is 10.8 Å². The molecule has 2 aliphatic rings. The molecule has 0 fully saturated rings. The van der Waals surface area contributed by atoms with Crippen molar-refractivity contribution in [3.63, 3.8) is 0 Å². The SMILES string of the molecule is CCOC(=O)c1c(-c2scc3c2OCCO3)sc(-c2scc3c2OCCO3)c1C(=O)OCC. The second-order valence-corrected chi connectivity index (χ2v) is 9.64. The zero-order valence-corrected chi connectivity index (χ0v) is 20.3. The summed E-state index contributed by atoms with van der Waals surface area (Å²) < 4.78 is 33.8. The molecule has 0 unspecified atom stereocenters. The maximum Gasteiger partial charge on any atom is 0.340 e. The van der Waals surface area contributed by atoms with Crippen LogP contribution in [0.3, 0.4) is 0 Å². The van der Waals surface area contributed by atoms with E-state index in [4.69, 9.17) is 28.4 Å². The molecule has 0 radical (unpaired) electrons. The van der Waals surface area contributed by atoms with Crippen LogP contribution in [-0.4, -0.2) is 51.6 Å². The second kappa shape index (κ2) is 9.24. The van der Waals surface area contributed by atoms with Crippen LogP contribution in [-0.2, 0) is 9.47 Å². The van der Waals surface area contributed by atoms with E-state index in [2.05, 4.69) is 0 Å². The fourth-order valence-electron chi connectivity index (χ4n) is 3.59. The van der Waals surface area contributed by atoms with E-state index in [0.29, 0.717) is 68.9 Å². The molecule has 0 atom stereocenters. The summed E-state index contributed by atoms with van der Waals surface area (Å²) in [4.78, 5) is 28.9. The minimum atomic E-state index is -0.598. The van der Waals surface area contributed by atoms with E-state index in [1.165, 1.54) is 34.0 Å². The molecule has 0 bridgehead atoms. The topological polar surface area (TPSA) is 89.5 Å². The molecule has 8 nitrogen and oxygen atoms in total. The highest BCUT2D eigenvalue weighted by molar-refractivity contribution is 7.27. The number of ether oxygens (including phenoxy) is 6. The average molecular weight is 509 g/mol. The van der Waals surface area contributed by atoms with Crippen LogP contribution in [0, 0.1) is 0 Å². The largest absolute Gasteiger partial charge is 0.485 e. The fraction of sp³-hybridized carbons (Fsp3) is 0.364. The number of esters is 2. The van der Waals surface area contributed by atoms with Gasteiger partial charge in [-0.2, -0.15) is 0 Å². The second-order valence-electron chi connectivity index (χ2n) is 6.86. The number of fused-ring (bicyclic) bond motifs is 2. The molecular weight excluding hydrogens is 488 g/mol. The lowest BCUT2D eigenvalue weighted by molar-refractivity contribution is 0.0481. The summed E-state index contributed by atoms with van der Waals surface area (Å²) in [5.74, 6) is 1.17. The number of thiophene rings is 3. The van der Waals surface area contributed by atoms with Crippen LogP contribution >= 0.6 is 34.0 Å². The minimum absolute atomic E-state index is 0.160. The molecule has 33 heavy (non-hydrogen) atoms. The molecule has 2 aliphatic heterocycles. The maximum absolute atomic E-state index is 13.2. The van der Waals surface area contributed by atoms with Gasteiger partial charge in [-0.3, -0.25) is 0 Å². The molecule has 0 aromatic carbocycles. The van der Waals surface area contributed by atoms with E-state index in [1.54, 1.807) is 13.8 Å². The smallest absolute Gasteiger partial charge is 0.340 e. The summed E-state index contributed by atoms with van der Waals surface area (Å²) in [6, 6.07) is 0. The molecule has 11 heteroatoms. The molecule has 174 valence electrons. The van der Waals surface area contributed by atoms with E-state index >= 15 is 0 Å². The molecule has 0 spiro atoms. The van der Waals surface area contributed by atoms with Crippen LogP contribution in [0.1, 0.15) is 34.6 Å². The van der Waals surface area contributed by atoms with Crippen molar-refractivity contribution in [2.24, 2.45) is 0 Å². The lowest BCUT2D eigenvalue weighted by Gasteiger charge is -2.16. The van der Waals surface area contributed by atoms with Gasteiger partial charge in [-0.05, 0) is 13.8 Å². The van der Waals surface area contributed by atoms with Gasteiger partial charge in [0.2, 0.25) is 0 Å². The quantitative estimate of drug-likeness (QED) is 0.425. The van der Waals surface area contributed by atoms with Gasteiger partial charge in [-0.15, -0.1) is 34.0 Å². The van der Waals surface area contributed by atoms with Crippen molar-refractivity contribution in [1.29, 1.82) is 0 Å². The Labute approximate surface area is 201 Å². The zero-order chi connectivity index (χ0) is 22.9. The Hall–Kier alpha value is -2.76. The van der Waals surface area contributed by atoms with Gasteiger partial charge in [0.05, 0.1) is 43.8 Å². The van der Waals surface area contributed by atoms with Crippen LogP contribution < -0.4 is 18.9 Å². The number of rotatable bonds is 6. The molecule has 0 saturated carbocycles. The first-order valence-electron chi connectivity index (χ1n) is 10.4.